The second-order valence-electron chi connectivity index (χ2n) is 2.95. The van der Waals surface area contributed by atoms with Crippen LogP contribution in [0.2, 0.25) is 5.02 Å². The van der Waals surface area contributed by atoms with Gasteiger partial charge in [-0.2, -0.15) is 12.6 Å². The molecule has 4 heteroatoms. The molecule has 0 heterocycles. The van der Waals surface area contributed by atoms with Gasteiger partial charge < -0.3 is 5.32 Å². The predicted molar refractivity (Wildman–Crippen MR) is 63.3 cm³/mol. The molecule has 0 bridgehead atoms. The van der Waals surface area contributed by atoms with E-state index in [1.54, 1.807) is 6.07 Å². The Bertz CT molecular complexity index is 321. The number of carbonyl (C=O) groups excluding carboxylic acids is 1. The molecule has 0 saturated carbocycles. The Morgan fingerprint density at radius 1 is 1.57 bits per heavy atom. The van der Waals surface area contributed by atoms with Crippen LogP contribution in [0.15, 0.2) is 18.2 Å². The molecule has 0 unspecified atom stereocenters. The summed E-state index contributed by atoms with van der Waals surface area (Å²) >= 11 is 9.92. The predicted octanol–water partition coefficient (Wildman–Crippen LogP) is 2.91. The van der Waals surface area contributed by atoms with Gasteiger partial charge in [-0.25, -0.2) is 0 Å². The Balaban J connectivity index is 2.80. The number of thiol groups is 1. The van der Waals surface area contributed by atoms with Crippen molar-refractivity contribution in [1.29, 1.82) is 0 Å². The first-order chi connectivity index (χ1) is 6.65. The van der Waals surface area contributed by atoms with Crippen LogP contribution in [0.4, 0.5) is 5.69 Å². The molecule has 1 rings (SSSR count). The van der Waals surface area contributed by atoms with E-state index in [4.69, 9.17) is 11.6 Å². The summed E-state index contributed by atoms with van der Waals surface area (Å²) in [6.07, 6.45) is 0.397. The summed E-state index contributed by atoms with van der Waals surface area (Å²) in [7, 11) is 0. The highest BCUT2D eigenvalue weighted by atomic mass is 35.5. The SMILES string of the molecule is Cc1cccc(Cl)c1NC(=O)CCS. The third kappa shape index (κ3) is 2.93. The van der Waals surface area contributed by atoms with Gasteiger partial charge in [-0.1, -0.05) is 23.7 Å². The first-order valence-electron chi connectivity index (χ1n) is 4.31. The molecule has 1 amide bonds. The van der Waals surface area contributed by atoms with E-state index >= 15 is 0 Å². The van der Waals surface area contributed by atoms with E-state index in [2.05, 4.69) is 17.9 Å². The monoisotopic (exact) mass is 229 g/mol. The summed E-state index contributed by atoms with van der Waals surface area (Å²) in [5.74, 6) is 0.478. The van der Waals surface area contributed by atoms with Crippen LogP contribution in [0.3, 0.4) is 0 Å². The second kappa shape index (κ2) is 5.27. The van der Waals surface area contributed by atoms with Gasteiger partial charge in [0.05, 0.1) is 10.7 Å². The molecule has 1 N–H and O–H groups in total. The Morgan fingerprint density at radius 3 is 2.86 bits per heavy atom. The minimum Gasteiger partial charge on any atom is -0.325 e. The van der Waals surface area contributed by atoms with Crippen molar-refractivity contribution in [3.8, 4) is 0 Å². The zero-order valence-electron chi connectivity index (χ0n) is 7.88. The molecular weight excluding hydrogens is 218 g/mol. The highest BCUT2D eigenvalue weighted by Gasteiger charge is 2.06. The van der Waals surface area contributed by atoms with Crippen LogP contribution in [0.1, 0.15) is 12.0 Å². The van der Waals surface area contributed by atoms with Crippen LogP contribution < -0.4 is 5.32 Å². The van der Waals surface area contributed by atoms with Crippen molar-refractivity contribution in [2.24, 2.45) is 0 Å². The maximum absolute atomic E-state index is 11.3. The average Bonchev–Trinajstić information content (AvgIpc) is 2.12. The lowest BCUT2D eigenvalue weighted by atomic mass is 10.2. The van der Waals surface area contributed by atoms with Gasteiger partial charge in [0.2, 0.25) is 5.91 Å². The molecule has 0 fully saturated rings. The number of amides is 1. The number of carbonyl (C=O) groups is 1. The molecule has 1 aromatic rings. The Kier molecular flexibility index (Phi) is 4.29. The van der Waals surface area contributed by atoms with E-state index in [1.807, 2.05) is 19.1 Å². The number of hydrogen-bond acceptors (Lipinski definition) is 2. The highest BCUT2D eigenvalue weighted by Crippen LogP contribution is 2.25. The Hall–Kier alpha value is -0.670. The smallest absolute Gasteiger partial charge is 0.225 e. The molecule has 2 nitrogen and oxygen atoms in total. The average molecular weight is 230 g/mol. The fraction of sp³-hybridized carbons (Fsp3) is 0.300. The maximum atomic E-state index is 11.3. The van der Waals surface area contributed by atoms with Crippen molar-refractivity contribution in [3.63, 3.8) is 0 Å². The Morgan fingerprint density at radius 2 is 2.29 bits per heavy atom. The lowest BCUT2D eigenvalue weighted by molar-refractivity contribution is -0.115. The first kappa shape index (κ1) is 11.4. The summed E-state index contributed by atoms with van der Waals surface area (Å²) in [6, 6.07) is 5.51. The van der Waals surface area contributed by atoms with Crippen molar-refractivity contribution in [3.05, 3.63) is 28.8 Å². The van der Waals surface area contributed by atoms with E-state index in [-0.39, 0.29) is 5.91 Å². The molecule has 0 spiro atoms. The van der Waals surface area contributed by atoms with Crippen LogP contribution in [-0.2, 0) is 4.79 Å². The van der Waals surface area contributed by atoms with Crippen LogP contribution in [0.25, 0.3) is 0 Å². The zero-order chi connectivity index (χ0) is 10.6. The highest BCUT2D eigenvalue weighted by molar-refractivity contribution is 7.80. The van der Waals surface area contributed by atoms with Crippen LogP contribution >= 0.6 is 24.2 Å². The van der Waals surface area contributed by atoms with Gasteiger partial charge in [-0.3, -0.25) is 4.79 Å². The van der Waals surface area contributed by atoms with Crippen LogP contribution in [-0.4, -0.2) is 11.7 Å². The number of halogens is 1. The largest absolute Gasteiger partial charge is 0.325 e. The molecule has 0 aliphatic rings. The van der Waals surface area contributed by atoms with Gasteiger partial charge in [0.1, 0.15) is 0 Å². The Labute approximate surface area is 94.1 Å². The third-order valence-corrected chi connectivity index (χ3v) is 2.36. The lowest BCUT2D eigenvalue weighted by Crippen LogP contribution is -2.12. The summed E-state index contributed by atoms with van der Waals surface area (Å²) in [5.41, 5.74) is 1.66. The molecule has 1 aromatic carbocycles. The summed E-state index contributed by atoms with van der Waals surface area (Å²) < 4.78 is 0. The lowest BCUT2D eigenvalue weighted by Gasteiger charge is -2.09. The molecule has 0 aromatic heterocycles. The van der Waals surface area contributed by atoms with E-state index < -0.39 is 0 Å². The second-order valence-corrected chi connectivity index (χ2v) is 3.81. The van der Waals surface area contributed by atoms with Crippen molar-refractivity contribution in [2.75, 3.05) is 11.1 Å². The number of aryl methyl sites for hydroxylation is 1. The van der Waals surface area contributed by atoms with E-state index in [0.29, 0.717) is 22.9 Å². The fourth-order valence-corrected chi connectivity index (χ4v) is 1.57. The number of hydrogen-bond donors (Lipinski definition) is 2. The van der Waals surface area contributed by atoms with Gasteiger partial charge in [0, 0.05) is 6.42 Å². The van der Waals surface area contributed by atoms with Crippen molar-refractivity contribution < 1.29 is 4.79 Å². The topological polar surface area (TPSA) is 29.1 Å². The number of rotatable bonds is 3. The van der Waals surface area contributed by atoms with E-state index in [1.165, 1.54) is 0 Å². The normalized spacial score (nSPS) is 9.93. The molecular formula is C10H12ClNOS. The fourth-order valence-electron chi connectivity index (χ4n) is 1.09. The molecule has 76 valence electrons. The molecule has 0 radical (unpaired) electrons. The van der Waals surface area contributed by atoms with Crippen LogP contribution in [0.5, 0.6) is 0 Å². The third-order valence-electron chi connectivity index (χ3n) is 1.83. The van der Waals surface area contributed by atoms with Crippen LogP contribution in [0, 0.1) is 6.92 Å². The molecule has 0 aliphatic heterocycles. The quantitative estimate of drug-likeness (QED) is 0.767. The van der Waals surface area contributed by atoms with Gasteiger partial charge in [-0.15, -0.1) is 0 Å². The summed E-state index contributed by atoms with van der Waals surface area (Å²) in [5, 5.41) is 3.33. The minimum absolute atomic E-state index is 0.0591. The van der Waals surface area contributed by atoms with Gasteiger partial charge in [0.15, 0.2) is 0 Å². The zero-order valence-corrected chi connectivity index (χ0v) is 9.53. The molecule has 14 heavy (non-hydrogen) atoms. The maximum Gasteiger partial charge on any atom is 0.225 e. The number of para-hydroxylation sites is 1. The minimum atomic E-state index is -0.0591. The van der Waals surface area contributed by atoms with Crippen molar-refractivity contribution >= 4 is 35.8 Å². The first-order valence-corrected chi connectivity index (χ1v) is 5.32. The standard InChI is InChI=1S/C10H12ClNOS/c1-7-3-2-4-8(11)10(7)12-9(13)5-6-14/h2-4,14H,5-6H2,1H3,(H,12,13). The van der Waals surface area contributed by atoms with E-state index in [9.17, 15) is 4.79 Å². The number of anilines is 1. The summed E-state index contributed by atoms with van der Waals surface area (Å²) in [6.45, 7) is 1.90. The van der Waals surface area contributed by atoms with Gasteiger partial charge in [-0.05, 0) is 24.3 Å². The number of nitrogens with one attached hydrogen (secondary N) is 1. The number of benzene rings is 1. The van der Waals surface area contributed by atoms with Crippen molar-refractivity contribution in [2.45, 2.75) is 13.3 Å². The molecule has 0 atom stereocenters. The molecule has 0 aliphatic carbocycles. The van der Waals surface area contributed by atoms with Gasteiger partial charge in [0.25, 0.3) is 0 Å². The van der Waals surface area contributed by atoms with Gasteiger partial charge >= 0.3 is 0 Å². The molecule has 0 saturated heterocycles. The van der Waals surface area contributed by atoms with Crippen molar-refractivity contribution in [1.82, 2.24) is 0 Å². The van der Waals surface area contributed by atoms with E-state index in [0.717, 1.165) is 5.56 Å². The summed E-state index contributed by atoms with van der Waals surface area (Å²) in [4.78, 5) is 11.3.